The maximum Gasteiger partial charge on any atom is 0.295 e. The van der Waals surface area contributed by atoms with Crippen LogP contribution in [-0.2, 0) is 14.3 Å². The van der Waals surface area contributed by atoms with Crippen LogP contribution in [0.3, 0.4) is 0 Å². The SMILES string of the molecule is COc1ccc(/C(O)=C2/C(=O)C(=O)N(CCOC(C)C)C2c2cccnc2)cc1Cl. The summed E-state index contributed by atoms with van der Waals surface area (Å²) in [6.07, 6.45) is 3.15. The number of pyridine rings is 1. The molecule has 1 saturated heterocycles. The van der Waals surface area contributed by atoms with Gasteiger partial charge >= 0.3 is 0 Å². The minimum absolute atomic E-state index is 0.0138. The second kappa shape index (κ2) is 9.28. The number of ketones is 1. The number of halogens is 1. The predicted molar refractivity (Wildman–Crippen MR) is 112 cm³/mol. The lowest BCUT2D eigenvalue weighted by atomic mass is 9.96. The molecule has 1 aliphatic heterocycles. The largest absolute Gasteiger partial charge is 0.507 e. The smallest absolute Gasteiger partial charge is 0.295 e. The van der Waals surface area contributed by atoms with Crippen molar-refractivity contribution in [3.63, 3.8) is 0 Å². The third-order valence-electron chi connectivity index (χ3n) is 4.75. The highest BCUT2D eigenvalue weighted by Gasteiger charge is 2.46. The highest BCUT2D eigenvalue weighted by atomic mass is 35.5. The molecule has 30 heavy (non-hydrogen) atoms. The first-order valence-electron chi connectivity index (χ1n) is 9.49. The number of hydrogen-bond donors (Lipinski definition) is 1. The van der Waals surface area contributed by atoms with E-state index >= 15 is 0 Å². The molecule has 2 heterocycles. The van der Waals surface area contributed by atoms with Crippen molar-refractivity contribution in [2.45, 2.75) is 26.0 Å². The number of likely N-dealkylation sites (tertiary alicyclic amines) is 1. The number of nitrogens with zero attached hydrogens (tertiary/aromatic N) is 2. The van der Waals surface area contributed by atoms with E-state index in [2.05, 4.69) is 4.98 Å². The molecule has 1 aliphatic rings. The Morgan fingerprint density at radius 1 is 1.30 bits per heavy atom. The molecular formula is C22H23ClN2O5. The van der Waals surface area contributed by atoms with Crippen molar-refractivity contribution in [1.82, 2.24) is 9.88 Å². The Balaban J connectivity index is 2.08. The molecule has 1 aromatic heterocycles. The molecule has 0 saturated carbocycles. The number of Topliss-reactive ketones (excluding diaryl/α,β-unsaturated/α-hetero) is 1. The zero-order valence-corrected chi connectivity index (χ0v) is 17.7. The van der Waals surface area contributed by atoms with Crippen molar-refractivity contribution in [1.29, 1.82) is 0 Å². The van der Waals surface area contributed by atoms with E-state index in [1.807, 2.05) is 13.8 Å². The molecule has 0 radical (unpaired) electrons. The van der Waals surface area contributed by atoms with Gasteiger partial charge in [-0.1, -0.05) is 17.7 Å². The van der Waals surface area contributed by atoms with Crippen LogP contribution in [0.5, 0.6) is 5.75 Å². The van der Waals surface area contributed by atoms with E-state index in [4.69, 9.17) is 21.1 Å². The lowest BCUT2D eigenvalue weighted by Crippen LogP contribution is -2.33. The van der Waals surface area contributed by atoms with Crippen LogP contribution in [0.15, 0.2) is 48.3 Å². The van der Waals surface area contributed by atoms with Crippen molar-refractivity contribution < 1.29 is 24.2 Å². The number of aliphatic hydroxyl groups is 1. The third-order valence-corrected chi connectivity index (χ3v) is 5.04. The van der Waals surface area contributed by atoms with Crippen LogP contribution in [0, 0.1) is 0 Å². The Morgan fingerprint density at radius 2 is 2.07 bits per heavy atom. The van der Waals surface area contributed by atoms with Gasteiger partial charge in [-0.25, -0.2) is 0 Å². The average molecular weight is 431 g/mol. The molecule has 1 unspecified atom stereocenters. The lowest BCUT2D eigenvalue weighted by Gasteiger charge is -2.25. The molecule has 1 aromatic carbocycles. The van der Waals surface area contributed by atoms with E-state index in [-0.39, 0.29) is 35.6 Å². The number of methoxy groups -OCH3 is 1. The summed E-state index contributed by atoms with van der Waals surface area (Å²) in [7, 11) is 1.48. The molecule has 1 amide bonds. The molecule has 0 spiro atoms. The van der Waals surface area contributed by atoms with E-state index in [9.17, 15) is 14.7 Å². The fraction of sp³-hybridized carbons (Fsp3) is 0.318. The summed E-state index contributed by atoms with van der Waals surface area (Å²) in [6.45, 7) is 4.23. The van der Waals surface area contributed by atoms with Gasteiger partial charge in [-0.05, 0) is 43.7 Å². The zero-order chi connectivity index (χ0) is 21.8. The van der Waals surface area contributed by atoms with Gasteiger partial charge in [-0.15, -0.1) is 0 Å². The Labute approximate surface area is 179 Å². The molecule has 158 valence electrons. The molecule has 1 N–H and O–H groups in total. The van der Waals surface area contributed by atoms with Crippen LogP contribution in [-0.4, -0.2) is 53.0 Å². The number of carbonyl (C=O) groups is 2. The number of amides is 1. The van der Waals surface area contributed by atoms with Crippen LogP contribution >= 0.6 is 11.6 Å². The van der Waals surface area contributed by atoms with Crippen LogP contribution in [0.4, 0.5) is 0 Å². The van der Waals surface area contributed by atoms with Gasteiger partial charge < -0.3 is 19.5 Å². The Morgan fingerprint density at radius 3 is 2.67 bits per heavy atom. The summed E-state index contributed by atoms with van der Waals surface area (Å²) >= 11 is 6.18. The molecule has 0 bridgehead atoms. The fourth-order valence-electron chi connectivity index (χ4n) is 3.35. The summed E-state index contributed by atoms with van der Waals surface area (Å²) in [6, 6.07) is 7.35. The first-order valence-corrected chi connectivity index (χ1v) is 9.86. The number of aliphatic hydroxyl groups excluding tert-OH is 1. The average Bonchev–Trinajstić information content (AvgIpc) is 2.98. The van der Waals surface area contributed by atoms with E-state index in [0.717, 1.165) is 0 Å². The van der Waals surface area contributed by atoms with Crippen molar-refractivity contribution in [3.8, 4) is 5.75 Å². The topological polar surface area (TPSA) is 89.0 Å². The quantitative estimate of drug-likeness (QED) is 0.410. The van der Waals surface area contributed by atoms with E-state index in [1.165, 1.54) is 18.1 Å². The molecule has 8 heteroatoms. The number of aromatic nitrogens is 1. The van der Waals surface area contributed by atoms with E-state index < -0.39 is 17.7 Å². The van der Waals surface area contributed by atoms with E-state index in [1.54, 1.807) is 36.7 Å². The van der Waals surface area contributed by atoms with Gasteiger partial charge in [0.1, 0.15) is 11.5 Å². The minimum Gasteiger partial charge on any atom is -0.507 e. The van der Waals surface area contributed by atoms with Crippen LogP contribution in [0.25, 0.3) is 5.76 Å². The first kappa shape index (κ1) is 21.8. The van der Waals surface area contributed by atoms with Crippen molar-refractivity contribution in [2.75, 3.05) is 20.3 Å². The molecule has 3 rings (SSSR count). The Bertz CT molecular complexity index is 975. The van der Waals surface area contributed by atoms with Gasteiger partial charge in [0.05, 0.1) is 36.5 Å². The maximum absolute atomic E-state index is 12.9. The Kier molecular flexibility index (Phi) is 6.74. The number of benzene rings is 1. The Hall–Kier alpha value is -2.90. The zero-order valence-electron chi connectivity index (χ0n) is 17.0. The van der Waals surface area contributed by atoms with Crippen LogP contribution in [0.1, 0.15) is 31.0 Å². The maximum atomic E-state index is 12.9. The van der Waals surface area contributed by atoms with Gasteiger partial charge in [0.25, 0.3) is 11.7 Å². The molecule has 1 atom stereocenters. The first-order chi connectivity index (χ1) is 14.3. The summed E-state index contributed by atoms with van der Waals surface area (Å²) in [5.74, 6) is -1.34. The lowest BCUT2D eigenvalue weighted by molar-refractivity contribution is -0.140. The van der Waals surface area contributed by atoms with Crippen molar-refractivity contribution in [3.05, 3.63) is 64.4 Å². The number of carbonyl (C=O) groups excluding carboxylic acids is 2. The predicted octanol–water partition coefficient (Wildman–Crippen LogP) is 3.59. The van der Waals surface area contributed by atoms with Crippen LogP contribution < -0.4 is 4.74 Å². The molecule has 2 aromatic rings. The minimum atomic E-state index is -0.782. The molecule has 1 fully saturated rings. The van der Waals surface area contributed by atoms with E-state index in [0.29, 0.717) is 16.9 Å². The summed E-state index contributed by atoms with van der Waals surface area (Å²) in [5, 5.41) is 11.3. The second-order valence-electron chi connectivity index (χ2n) is 7.05. The molecule has 7 nitrogen and oxygen atoms in total. The monoisotopic (exact) mass is 430 g/mol. The van der Waals surface area contributed by atoms with Gasteiger partial charge in [0.2, 0.25) is 0 Å². The highest BCUT2D eigenvalue weighted by molar-refractivity contribution is 6.46. The number of rotatable bonds is 7. The van der Waals surface area contributed by atoms with Gasteiger partial charge in [-0.2, -0.15) is 0 Å². The highest BCUT2D eigenvalue weighted by Crippen LogP contribution is 2.39. The fourth-order valence-corrected chi connectivity index (χ4v) is 3.61. The van der Waals surface area contributed by atoms with Gasteiger partial charge in [-0.3, -0.25) is 14.6 Å². The third kappa shape index (κ3) is 4.32. The molecular weight excluding hydrogens is 408 g/mol. The molecule has 0 aliphatic carbocycles. The normalized spacial score (nSPS) is 18.3. The summed E-state index contributed by atoms with van der Waals surface area (Å²) in [5.41, 5.74) is 0.910. The summed E-state index contributed by atoms with van der Waals surface area (Å²) < 4.78 is 10.7. The van der Waals surface area contributed by atoms with Crippen LogP contribution in [0.2, 0.25) is 5.02 Å². The number of hydrogen-bond acceptors (Lipinski definition) is 6. The van der Waals surface area contributed by atoms with Crippen molar-refractivity contribution in [2.24, 2.45) is 0 Å². The standard InChI is InChI=1S/C22H23ClN2O5/c1-13(2)30-10-9-25-19(15-5-4-8-24-12-15)18(21(27)22(25)28)20(26)14-6-7-17(29-3)16(23)11-14/h4-8,11-13,19,26H,9-10H2,1-3H3/b20-18-. The van der Waals surface area contributed by atoms with Gasteiger partial charge in [0.15, 0.2) is 0 Å². The number of ether oxygens (including phenoxy) is 2. The van der Waals surface area contributed by atoms with Gasteiger partial charge in [0, 0.05) is 24.5 Å². The second-order valence-corrected chi connectivity index (χ2v) is 7.45. The summed E-state index contributed by atoms with van der Waals surface area (Å²) in [4.78, 5) is 31.2. The van der Waals surface area contributed by atoms with Crippen molar-refractivity contribution >= 4 is 29.1 Å².